The summed E-state index contributed by atoms with van der Waals surface area (Å²) >= 11 is 0. The van der Waals surface area contributed by atoms with E-state index in [1.165, 1.54) is 116 Å². The van der Waals surface area contributed by atoms with Gasteiger partial charge in [-0.25, -0.2) is 4.57 Å². The summed E-state index contributed by atoms with van der Waals surface area (Å²) in [6.45, 7) is 3.96. The number of nitrogens with one attached hydrogen (secondary N) is 1. The van der Waals surface area contributed by atoms with Crippen molar-refractivity contribution >= 4 is 13.7 Å². The number of phosphoric acid groups is 1. The van der Waals surface area contributed by atoms with Gasteiger partial charge in [-0.15, -0.1) is 0 Å². The molecule has 324 valence electrons. The van der Waals surface area contributed by atoms with Gasteiger partial charge in [0.1, 0.15) is 0 Å². The van der Waals surface area contributed by atoms with Crippen molar-refractivity contribution in [2.75, 3.05) is 19.8 Å². The summed E-state index contributed by atoms with van der Waals surface area (Å²) in [7, 11) is -4.40. The number of hydrogen-bond donors (Lipinski definition) is 5. The predicted molar refractivity (Wildman–Crippen MR) is 232 cm³/mol. The van der Waals surface area contributed by atoms with Gasteiger partial charge in [-0.2, -0.15) is 0 Å². The molecule has 0 spiro atoms. The van der Waals surface area contributed by atoms with E-state index in [4.69, 9.17) is 14.8 Å². The minimum absolute atomic E-state index is 0.0468. The summed E-state index contributed by atoms with van der Waals surface area (Å²) in [5.41, 5.74) is 5.36. The maximum atomic E-state index is 12.8. The molecule has 4 unspecified atom stereocenters. The van der Waals surface area contributed by atoms with E-state index in [0.717, 1.165) is 64.2 Å². The van der Waals surface area contributed by atoms with Gasteiger partial charge in [0.25, 0.3) is 0 Å². The van der Waals surface area contributed by atoms with Crippen LogP contribution in [0.3, 0.4) is 0 Å². The highest BCUT2D eigenvalue weighted by Crippen LogP contribution is 2.43. The van der Waals surface area contributed by atoms with Crippen LogP contribution in [0.25, 0.3) is 0 Å². The molecule has 0 heterocycles. The third-order valence-electron chi connectivity index (χ3n) is 10.0. The highest BCUT2D eigenvalue weighted by Gasteiger charge is 2.27. The molecule has 1 amide bonds. The molecule has 0 radical (unpaired) electrons. The van der Waals surface area contributed by atoms with E-state index in [0.29, 0.717) is 6.42 Å². The SMILES string of the molecule is CCCCCCCCCCC/C=C\C/C=C\CCCCCCCC(O)CC(=O)NC(COP(=O)(O)OCCN)C(O)/C=C/CCCCCCCCCCCC. The molecular formula is C45H87N2O7P. The van der Waals surface area contributed by atoms with Gasteiger partial charge in [0.05, 0.1) is 37.9 Å². The molecule has 0 aliphatic rings. The van der Waals surface area contributed by atoms with E-state index in [-0.39, 0.29) is 19.6 Å². The first-order chi connectivity index (χ1) is 26.8. The number of allylic oxidation sites excluding steroid dienone is 5. The molecule has 0 aromatic rings. The molecule has 0 saturated carbocycles. The number of nitrogens with two attached hydrogens (primary N) is 1. The largest absolute Gasteiger partial charge is 0.472 e. The summed E-state index contributed by atoms with van der Waals surface area (Å²) in [6, 6.07) is -0.986. The van der Waals surface area contributed by atoms with Gasteiger partial charge >= 0.3 is 7.82 Å². The van der Waals surface area contributed by atoms with Crippen molar-refractivity contribution in [2.24, 2.45) is 5.73 Å². The third-order valence-corrected chi connectivity index (χ3v) is 11.0. The maximum absolute atomic E-state index is 12.8. The average molecular weight is 799 g/mol. The van der Waals surface area contributed by atoms with Gasteiger partial charge in [0, 0.05) is 6.54 Å². The molecule has 0 aliphatic heterocycles. The lowest BCUT2D eigenvalue weighted by Gasteiger charge is -2.24. The van der Waals surface area contributed by atoms with Crippen molar-refractivity contribution in [3.8, 4) is 0 Å². The van der Waals surface area contributed by atoms with Crippen LogP contribution in [0.4, 0.5) is 0 Å². The zero-order chi connectivity index (χ0) is 40.5. The van der Waals surface area contributed by atoms with Gasteiger partial charge in [0.15, 0.2) is 0 Å². The summed E-state index contributed by atoms with van der Waals surface area (Å²) in [4.78, 5) is 22.7. The summed E-state index contributed by atoms with van der Waals surface area (Å²) in [5.74, 6) is -0.455. The van der Waals surface area contributed by atoms with Gasteiger partial charge in [-0.3, -0.25) is 13.8 Å². The van der Waals surface area contributed by atoms with Crippen molar-refractivity contribution in [3.05, 3.63) is 36.5 Å². The van der Waals surface area contributed by atoms with Crippen LogP contribution in [0.1, 0.15) is 206 Å². The Labute approximate surface area is 338 Å². The Morgan fingerprint density at radius 2 is 1.07 bits per heavy atom. The first kappa shape index (κ1) is 53.7. The van der Waals surface area contributed by atoms with Gasteiger partial charge in [-0.05, 0) is 51.4 Å². The number of unbranched alkanes of at least 4 members (excludes halogenated alkanes) is 24. The molecule has 10 heteroatoms. The Morgan fingerprint density at radius 3 is 1.55 bits per heavy atom. The zero-order valence-electron chi connectivity index (χ0n) is 35.5. The first-order valence-electron chi connectivity index (χ1n) is 22.7. The van der Waals surface area contributed by atoms with E-state index in [1.54, 1.807) is 6.08 Å². The van der Waals surface area contributed by atoms with Gasteiger partial charge in [-0.1, -0.05) is 185 Å². The number of aliphatic hydroxyl groups is 2. The van der Waals surface area contributed by atoms with Gasteiger partial charge < -0.3 is 26.2 Å². The van der Waals surface area contributed by atoms with E-state index < -0.39 is 38.6 Å². The van der Waals surface area contributed by atoms with Crippen LogP contribution in [0.2, 0.25) is 0 Å². The van der Waals surface area contributed by atoms with Crippen molar-refractivity contribution in [3.63, 3.8) is 0 Å². The van der Waals surface area contributed by atoms with E-state index in [9.17, 15) is 24.5 Å². The number of amides is 1. The van der Waals surface area contributed by atoms with Crippen LogP contribution in [0.5, 0.6) is 0 Å². The third kappa shape index (κ3) is 39.3. The second kappa shape index (κ2) is 40.9. The zero-order valence-corrected chi connectivity index (χ0v) is 36.4. The Morgan fingerprint density at radius 1 is 0.636 bits per heavy atom. The average Bonchev–Trinajstić information content (AvgIpc) is 3.16. The molecule has 0 aromatic carbocycles. The molecule has 4 atom stereocenters. The lowest BCUT2D eigenvalue weighted by molar-refractivity contribution is -0.124. The smallest absolute Gasteiger partial charge is 0.393 e. The van der Waals surface area contributed by atoms with E-state index in [2.05, 4.69) is 43.5 Å². The minimum Gasteiger partial charge on any atom is -0.393 e. The Kier molecular flexibility index (Phi) is 39.9. The van der Waals surface area contributed by atoms with Crippen molar-refractivity contribution in [2.45, 2.75) is 225 Å². The Hall–Kier alpha value is -1.32. The first-order valence-corrected chi connectivity index (χ1v) is 24.2. The van der Waals surface area contributed by atoms with Crippen molar-refractivity contribution < 1.29 is 33.5 Å². The molecule has 6 N–H and O–H groups in total. The molecule has 0 aromatic heterocycles. The van der Waals surface area contributed by atoms with Crippen LogP contribution < -0.4 is 11.1 Å². The quantitative estimate of drug-likeness (QED) is 0.0233. The fraction of sp³-hybridized carbons (Fsp3) is 0.844. The van der Waals surface area contributed by atoms with Crippen LogP contribution in [0, 0.1) is 0 Å². The van der Waals surface area contributed by atoms with Gasteiger partial charge in [0.2, 0.25) is 5.91 Å². The van der Waals surface area contributed by atoms with Crippen LogP contribution in [-0.4, -0.2) is 59.0 Å². The summed E-state index contributed by atoms with van der Waals surface area (Å²) in [5, 5.41) is 24.0. The Balaban J connectivity index is 4.25. The van der Waals surface area contributed by atoms with E-state index >= 15 is 0 Å². The molecule has 0 fully saturated rings. The molecule has 0 saturated heterocycles. The second-order valence-electron chi connectivity index (χ2n) is 15.4. The van der Waals surface area contributed by atoms with Crippen LogP contribution >= 0.6 is 7.82 Å². The normalized spacial score (nSPS) is 14.9. The second-order valence-corrected chi connectivity index (χ2v) is 16.9. The molecule has 9 nitrogen and oxygen atoms in total. The van der Waals surface area contributed by atoms with E-state index in [1.807, 2.05) is 6.08 Å². The highest BCUT2D eigenvalue weighted by atomic mass is 31.2. The maximum Gasteiger partial charge on any atom is 0.472 e. The minimum atomic E-state index is -4.40. The fourth-order valence-electron chi connectivity index (χ4n) is 6.56. The lowest BCUT2D eigenvalue weighted by atomic mass is 10.0. The number of phosphoric ester groups is 1. The number of hydrogen-bond acceptors (Lipinski definition) is 7. The monoisotopic (exact) mass is 799 g/mol. The summed E-state index contributed by atoms with van der Waals surface area (Å²) < 4.78 is 22.1. The standard InChI is InChI=1S/C45H87N2O7P/c1-3-5-7-9-11-13-15-17-18-19-20-21-22-23-24-25-26-28-30-32-34-36-42(48)40-45(50)47-43(41-54-55(51,52)53-39-38-46)44(49)37-35-33-31-29-27-16-14-12-10-8-6-4-2/h20-21,23-24,35,37,42-44,48-49H,3-19,22,25-34,36,38-41,46H2,1-2H3,(H,47,50)(H,51,52)/b21-20-,24-23-,37-35+. The highest BCUT2D eigenvalue weighted by molar-refractivity contribution is 7.47. The van der Waals surface area contributed by atoms with Crippen molar-refractivity contribution in [1.82, 2.24) is 5.32 Å². The van der Waals surface area contributed by atoms with Crippen molar-refractivity contribution in [1.29, 1.82) is 0 Å². The number of rotatable bonds is 42. The van der Waals surface area contributed by atoms with Crippen LogP contribution in [-0.2, 0) is 18.4 Å². The number of carbonyl (C=O) groups excluding carboxylic acids is 1. The fourth-order valence-corrected chi connectivity index (χ4v) is 7.32. The molecule has 0 aliphatic carbocycles. The number of aliphatic hydroxyl groups excluding tert-OH is 2. The molecule has 55 heavy (non-hydrogen) atoms. The lowest BCUT2D eigenvalue weighted by Crippen LogP contribution is -2.46. The molecule has 0 bridgehead atoms. The summed E-state index contributed by atoms with van der Waals surface area (Å²) in [6.07, 6.45) is 45.2. The molecular weight excluding hydrogens is 711 g/mol. The Bertz CT molecular complexity index is 977. The topological polar surface area (TPSA) is 151 Å². The molecule has 0 rings (SSSR count). The number of carbonyl (C=O) groups is 1. The van der Waals surface area contributed by atoms with Crippen LogP contribution in [0.15, 0.2) is 36.5 Å². The predicted octanol–water partition coefficient (Wildman–Crippen LogP) is 11.7.